The molecule has 0 spiro atoms. The minimum absolute atomic E-state index is 0.544. The third-order valence-electron chi connectivity index (χ3n) is 6.42. The van der Waals surface area contributed by atoms with Gasteiger partial charge in [-0.3, -0.25) is 0 Å². The lowest BCUT2D eigenvalue weighted by Crippen LogP contribution is -2.41. The van der Waals surface area contributed by atoms with Gasteiger partial charge >= 0.3 is 0 Å². The first kappa shape index (κ1) is 14.1. The zero-order chi connectivity index (χ0) is 15.8. The maximum atomic E-state index is 2.45. The molecule has 0 saturated carbocycles. The molecule has 0 bridgehead atoms. The highest BCUT2D eigenvalue weighted by Gasteiger charge is 2.43. The number of hydrogen-bond acceptors (Lipinski definition) is 0. The summed E-state index contributed by atoms with van der Waals surface area (Å²) < 4.78 is 0. The van der Waals surface area contributed by atoms with Crippen LogP contribution in [0.3, 0.4) is 0 Å². The van der Waals surface area contributed by atoms with Gasteiger partial charge in [-0.25, -0.2) is 0 Å². The van der Waals surface area contributed by atoms with Crippen molar-refractivity contribution in [2.45, 2.75) is 12.8 Å². The number of fused-ring (bicyclic) bond motifs is 3. The van der Waals surface area contributed by atoms with Crippen molar-refractivity contribution in [3.05, 3.63) is 57.5 Å². The minimum Gasteiger partial charge on any atom is -0.108 e. The second-order valence-corrected chi connectivity index (χ2v) is 7.23. The van der Waals surface area contributed by atoms with E-state index < -0.39 is 0 Å². The van der Waals surface area contributed by atoms with Crippen LogP contribution in [-0.4, -0.2) is 39.2 Å². The van der Waals surface area contributed by atoms with Crippen molar-refractivity contribution in [1.29, 1.82) is 0 Å². The molecular weight excluding hydrogens is 258 g/mol. The monoisotopic (exact) mass is 278 g/mol. The highest BCUT2D eigenvalue weighted by molar-refractivity contribution is 6.58. The first-order valence-electron chi connectivity index (χ1n) is 8.31. The van der Waals surface area contributed by atoms with Gasteiger partial charge < -0.3 is 0 Å². The maximum absolute atomic E-state index is 2.45. The quantitative estimate of drug-likeness (QED) is 0.442. The Morgan fingerprint density at radius 1 is 0.955 bits per heavy atom. The summed E-state index contributed by atoms with van der Waals surface area (Å²) in [6, 6.07) is 2.45. The molecule has 5 heteroatoms. The van der Waals surface area contributed by atoms with Gasteiger partial charge in [0.2, 0.25) is 0 Å². The third kappa shape index (κ3) is 1.55. The Balaban J connectivity index is 2.11. The fraction of sp³-hybridized carbons (Fsp3) is 0.176. The molecule has 0 aliphatic heterocycles. The van der Waals surface area contributed by atoms with Gasteiger partial charge in [0.1, 0.15) is 39.2 Å². The fourth-order valence-electron chi connectivity index (χ4n) is 4.74. The van der Waals surface area contributed by atoms with Crippen molar-refractivity contribution in [1.82, 2.24) is 0 Å². The van der Waals surface area contributed by atoms with Crippen LogP contribution in [0, 0.1) is 5.92 Å². The van der Waals surface area contributed by atoms with E-state index >= 15 is 0 Å². The number of rotatable bonds is 0. The van der Waals surface area contributed by atoms with E-state index in [1.807, 2.05) is 0 Å². The lowest BCUT2D eigenvalue weighted by Gasteiger charge is -2.34. The molecule has 3 aliphatic carbocycles. The minimum atomic E-state index is 0.544. The van der Waals surface area contributed by atoms with Gasteiger partial charge in [0.05, 0.1) is 0 Å². The Hall–Kier alpha value is -1.50. The molecule has 0 amide bonds. The summed E-state index contributed by atoms with van der Waals surface area (Å²) in [5.41, 5.74) is 15.1. The lowest BCUT2D eigenvalue weighted by atomic mass is 9.60. The highest BCUT2D eigenvalue weighted by Crippen LogP contribution is 2.56. The van der Waals surface area contributed by atoms with Crippen LogP contribution in [0.15, 0.2) is 46.4 Å². The Morgan fingerprint density at radius 3 is 2.41 bits per heavy atom. The maximum Gasteiger partial charge on any atom is 0.139 e. The first-order valence-corrected chi connectivity index (χ1v) is 8.31. The number of allylic oxidation sites excluding steroid dienone is 8. The summed E-state index contributed by atoms with van der Waals surface area (Å²) in [5.74, 6) is 1.09. The molecule has 102 valence electrons. The molecule has 0 fully saturated rings. The van der Waals surface area contributed by atoms with Crippen LogP contribution in [0.25, 0.3) is 5.57 Å². The second kappa shape index (κ2) is 4.50. The molecule has 0 heterocycles. The predicted octanol–water partition coefficient (Wildman–Crippen LogP) is -3.06. The van der Waals surface area contributed by atoms with Crippen molar-refractivity contribution in [3.8, 4) is 0 Å². The van der Waals surface area contributed by atoms with Crippen LogP contribution in [0.5, 0.6) is 0 Å². The Labute approximate surface area is 137 Å². The topological polar surface area (TPSA) is 0 Å². The molecular formula is C17H19B5. The van der Waals surface area contributed by atoms with E-state index in [2.05, 4.69) is 70.4 Å². The summed E-state index contributed by atoms with van der Waals surface area (Å²) in [4.78, 5) is 0. The van der Waals surface area contributed by atoms with Crippen molar-refractivity contribution in [2.75, 3.05) is 0 Å². The molecule has 0 N–H and O–H groups in total. The van der Waals surface area contributed by atoms with E-state index in [9.17, 15) is 0 Å². The van der Waals surface area contributed by atoms with Crippen LogP contribution in [-0.2, 0) is 0 Å². The van der Waals surface area contributed by atoms with Gasteiger partial charge in [-0.05, 0) is 29.2 Å². The molecule has 2 unspecified atom stereocenters. The van der Waals surface area contributed by atoms with E-state index in [-0.39, 0.29) is 0 Å². The molecule has 1 aromatic carbocycles. The van der Waals surface area contributed by atoms with Crippen molar-refractivity contribution < 1.29 is 0 Å². The molecule has 0 aromatic heterocycles. The van der Waals surface area contributed by atoms with Gasteiger partial charge in [-0.1, -0.05) is 46.3 Å². The average molecular weight is 277 g/mol. The summed E-state index contributed by atoms with van der Waals surface area (Å²) in [7, 11) is 11.5. The molecule has 4 rings (SSSR count). The second-order valence-electron chi connectivity index (χ2n) is 7.23. The molecule has 0 saturated heterocycles. The Bertz CT molecular complexity index is 854. The van der Waals surface area contributed by atoms with E-state index in [1.54, 1.807) is 16.6 Å². The molecule has 1 aromatic rings. The SMILES string of the molecule is BC1=C(B)C2c3cc(B)c(B)c(B)c3C3=CC=CC(=C1C)C32. The van der Waals surface area contributed by atoms with Gasteiger partial charge in [-0.15, -0.1) is 10.9 Å². The lowest BCUT2D eigenvalue weighted by molar-refractivity contribution is 0.699. The van der Waals surface area contributed by atoms with Crippen molar-refractivity contribution in [2.24, 2.45) is 5.92 Å². The summed E-state index contributed by atoms with van der Waals surface area (Å²) in [6.07, 6.45) is 6.95. The van der Waals surface area contributed by atoms with E-state index in [4.69, 9.17) is 0 Å². The molecule has 0 radical (unpaired) electrons. The Kier molecular flexibility index (Phi) is 2.89. The van der Waals surface area contributed by atoms with E-state index in [1.165, 1.54) is 38.6 Å². The largest absolute Gasteiger partial charge is 0.139 e. The Morgan fingerprint density at radius 2 is 1.68 bits per heavy atom. The van der Waals surface area contributed by atoms with Crippen molar-refractivity contribution in [3.63, 3.8) is 0 Å². The highest BCUT2D eigenvalue weighted by atomic mass is 14.4. The first-order chi connectivity index (χ1) is 10.4. The van der Waals surface area contributed by atoms with Crippen LogP contribution < -0.4 is 16.4 Å². The van der Waals surface area contributed by atoms with Gasteiger partial charge in [0.15, 0.2) is 0 Å². The third-order valence-corrected chi connectivity index (χ3v) is 6.42. The molecule has 0 nitrogen and oxygen atoms in total. The smallest absolute Gasteiger partial charge is 0.108 e. The van der Waals surface area contributed by atoms with E-state index in [0.717, 1.165) is 0 Å². The molecule has 3 aliphatic rings. The standard InChI is InChI=1S/C17H19B5/c1-6-7-3-2-4-8-11(7)13(17(22)14(6)19)9-5-10(18)15(20)16(21)12(8)9/h2-5,11,13H,18-22H2,1H3. The van der Waals surface area contributed by atoms with Gasteiger partial charge in [0.25, 0.3) is 0 Å². The van der Waals surface area contributed by atoms with Crippen LogP contribution in [0.4, 0.5) is 0 Å². The van der Waals surface area contributed by atoms with Gasteiger partial charge in [-0.2, -0.15) is 0 Å². The zero-order valence-corrected chi connectivity index (χ0v) is 14.5. The van der Waals surface area contributed by atoms with E-state index in [0.29, 0.717) is 11.8 Å². The summed E-state index contributed by atoms with van der Waals surface area (Å²) in [5, 5.41) is 0. The van der Waals surface area contributed by atoms with Crippen LogP contribution in [0.2, 0.25) is 0 Å². The number of benzene rings is 1. The van der Waals surface area contributed by atoms with Crippen molar-refractivity contribution >= 4 is 61.2 Å². The predicted molar refractivity (Wildman–Crippen MR) is 111 cm³/mol. The van der Waals surface area contributed by atoms with Crippen LogP contribution >= 0.6 is 0 Å². The fourth-order valence-corrected chi connectivity index (χ4v) is 4.74. The average Bonchev–Trinajstić information content (AvgIpc) is 2.83. The molecule has 2 atom stereocenters. The van der Waals surface area contributed by atoms with Gasteiger partial charge in [0, 0.05) is 11.8 Å². The zero-order valence-electron chi connectivity index (χ0n) is 14.5. The summed E-state index contributed by atoms with van der Waals surface area (Å²) in [6.45, 7) is 2.30. The number of hydrogen-bond donors (Lipinski definition) is 0. The molecule has 22 heavy (non-hydrogen) atoms. The summed E-state index contributed by atoms with van der Waals surface area (Å²) >= 11 is 0. The van der Waals surface area contributed by atoms with Crippen LogP contribution in [0.1, 0.15) is 24.0 Å². The normalized spacial score (nSPS) is 25.2.